The van der Waals surface area contributed by atoms with Crippen LogP contribution in [0.3, 0.4) is 0 Å². The number of hydrogen-bond acceptors (Lipinski definition) is 6. The SMILES string of the molecule is COCO[C@@H]1CCC(c2ccc(OC)c(OC)c2)=C[C@H]1OC(C)=O. The summed E-state index contributed by atoms with van der Waals surface area (Å²) in [5.41, 5.74) is 2.09. The summed E-state index contributed by atoms with van der Waals surface area (Å²) in [6.07, 6.45) is 2.84. The molecule has 0 spiro atoms. The van der Waals surface area contributed by atoms with Crippen molar-refractivity contribution in [2.24, 2.45) is 0 Å². The van der Waals surface area contributed by atoms with Crippen molar-refractivity contribution in [1.82, 2.24) is 0 Å². The van der Waals surface area contributed by atoms with Crippen molar-refractivity contribution < 1.29 is 28.5 Å². The Kier molecular flexibility index (Phi) is 6.63. The minimum Gasteiger partial charge on any atom is -0.493 e. The molecule has 1 aromatic carbocycles. The molecule has 0 N–H and O–H groups in total. The van der Waals surface area contributed by atoms with Crippen LogP contribution in [0.2, 0.25) is 0 Å². The molecule has 0 heterocycles. The van der Waals surface area contributed by atoms with Crippen LogP contribution in [0, 0.1) is 0 Å². The molecule has 0 saturated heterocycles. The van der Waals surface area contributed by atoms with Gasteiger partial charge in [0.15, 0.2) is 11.5 Å². The first-order chi connectivity index (χ1) is 11.6. The van der Waals surface area contributed by atoms with Gasteiger partial charge < -0.3 is 23.7 Å². The van der Waals surface area contributed by atoms with E-state index in [-0.39, 0.29) is 18.9 Å². The van der Waals surface area contributed by atoms with Gasteiger partial charge in [0.05, 0.1) is 14.2 Å². The third-order valence-electron chi connectivity index (χ3n) is 3.89. The molecular weight excluding hydrogens is 312 g/mol. The lowest BCUT2D eigenvalue weighted by molar-refractivity contribution is -0.158. The number of carbonyl (C=O) groups is 1. The average Bonchev–Trinajstić information content (AvgIpc) is 2.59. The predicted molar refractivity (Wildman–Crippen MR) is 89.1 cm³/mol. The van der Waals surface area contributed by atoms with Gasteiger partial charge in [-0.1, -0.05) is 6.07 Å². The monoisotopic (exact) mass is 336 g/mol. The molecule has 2 atom stereocenters. The molecule has 24 heavy (non-hydrogen) atoms. The molecule has 132 valence electrons. The van der Waals surface area contributed by atoms with Crippen molar-refractivity contribution in [3.8, 4) is 11.5 Å². The van der Waals surface area contributed by atoms with Gasteiger partial charge in [-0.25, -0.2) is 0 Å². The summed E-state index contributed by atoms with van der Waals surface area (Å²) in [5, 5.41) is 0. The molecule has 0 unspecified atom stereocenters. The minimum atomic E-state index is -0.436. The number of methoxy groups -OCH3 is 3. The van der Waals surface area contributed by atoms with Crippen LogP contribution in [0.15, 0.2) is 24.3 Å². The van der Waals surface area contributed by atoms with E-state index >= 15 is 0 Å². The van der Waals surface area contributed by atoms with Crippen molar-refractivity contribution in [3.05, 3.63) is 29.8 Å². The number of carbonyl (C=O) groups excluding carboxylic acids is 1. The molecule has 0 aromatic heterocycles. The molecule has 0 radical (unpaired) electrons. The van der Waals surface area contributed by atoms with E-state index in [9.17, 15) is 4.79 Å². The smallest absolute Gasteiger partial charge is 0.303 e. The van der Waals surface area contributed by atoms with Crippen molar-refractivity contribution in [1.29, 1.82) is 0 Å². The highest BCUT2D eigenvalue weighted by molar-refractivity contribution is 5.71. The second-order valence-corrected chi connectivity index (χ2v) is 5.49. The molecule has 0 aliphatic heterocycles. The third-order valence-corrected chi connectivity index (χ3v) is 3.89. The Morgan fingerprint density at radius 1 is 1.17 bits per heavy atom. The number of rotatable bonds is 7. The fourth-order valence-corrected chi connectivity index (χ4v) is 2.76. The van der Waals surface area contributed by atoms with Gasteiger partial charge in [0.1, 0.15) is 19.0 Å². The Morgan fingerprint density at radius 3 is 2.54 bits per heavy atom. The highest BCUT2D eigenvalue weighted by Gasteiger charge is 2.28. The van der Waals surface area contributed by atoms with Gasteiger partial charge in [-0.3, -0.25) is 4.79 Å². The van der Waals surface area contributed by atoms with E-state index in [0.29, 0.717) is 11.5 Å². The zero-order chi connectivity index (χ0) is 17.5. The van der Waals surface area contributed by atoms with Crippen molar-refractivity contribution in [3.63, 3.8) is 0 Å². The second kappa shape index (κ2) is 8.70. The van der Waals surface area contributed by atoms with E-state index in [2.05, 4.69) is 0 Å². The van der Waals surface area contributed by atoms with Crippen molar-refractivity contribution >= 4 is 11.5 Å². The first-order valence-electron chi connectivity index (χ1n) is 7.80. The lowest BCUT2D eigenvalue weighted by Crippen LogP contribution is -2.34. The maximum Gasteiger partial charge on any atom is 0.303 e. The standard InChI is InChI=1S/C18H24O6/c1-12(19)24-18-10-14(6-8-16(18)23-11-20-2)13-5-7-15(21-3)17(9-13)22-4/h5,7,9-10,16,18H,6,8,11H2,1-4H3/t16-,18-/m1/s1. The molecule has 6 nitrogen and oxygen atoms in total. The third kappa shape index (κ3) is 4.49. The predicted octanol–water partition coefficient (Wildman–Crippen LogP) is 2.80. The van der Waals surface area contributed by atoms with E-state index < -0.39 is 6.10 Å². The molecular formula is C18H24O6. The average molecular weight is 336 g/mol. The summed E-state index contributed by atoms with van der Waals surface area (Å²) >= 11 is 0. The second-order valence-electron chi connectivity index (χ2n) is 5.49. The van der Waals surface area contributed by atoms with Crippen LogP contribution in [0.1, 0.15) is 25.3 Å². The van der Waals surface area contributed by atoms with Crippen LogP contribution >= 0.6 is 0 Å². The summed E-state index contributed by atoms with van der Waals surface area (Å²) < 4.78 is 26.6. The normalized spacial score (nSPS) is 20.2. The Bertz CT molecular complexity index is 595. The zero-order valence-electron chi connectivity index (χ0n) is 14.5. The molecule has 6 heteroatoms. The number of esters is 1. The number of ether oxygens (including phenoxy) is 5. The number of allylic oxidation sites excluding steroid dienone is 1. The summed E-state index contributed by atoms with van der Waals surface area (Å²) in [5.74, 6) is 1.00. The summed E-state index contributed by atoms with van der Waals surface area (Å²) in [6, 6.07) is 5.75. The van der Waals surface area contributed by atoms with Crippen molar-refractivity contribution in [2.75, 3.05) is 28.1 Å². The molecule has 0 amide bonds. The maximum atomic E-state index is 11.4. The van der Waals surface area contributed by atoms with E-state index in [1.807, 2.05) is 24.3 Å². The lowest BCUT2D eigenvalue weighted by Gasteiger charge is -2.29. The molecule has 1 aromatic rings. The van der Waals surface area contributed by atoms with Gasteiger partial charge in [-0.05, 0) is 42.2 Å². The van der Waals surface area contributed by atoms with Crippen molar-refractivity contribution in [2.45, 2.75) is 32.0 Å². The van der Waals surface area contributed by atoms with Gasteiger partial charge in [0, 0.05) is 14.0 Å². The molecule has 1 aliphatic carbocycles. The van der Waals surface area contributed by atoms with Gasteiger partial charge >= 0.3 is 5.97 Å². The summed E-state index contributed by atoms with van der Waals surface area (Å²) in [4.78, 5) is 11.4. The van der Waals surface area contributed by atoms with Crippen LogP contribution in [-0.4, -0.2) is 46.3 Å². The largest absolute Gasteiger partial charge is 0.493 e. The van der Waals surface area contributed by atoms with E-state index in [4.69, 9.17) is 23.7 Å². The Balaban J connectivity index is 2.26. The summed E-state index contributed by atoms with van der Waals surface area (Å²) in [7, 11) is 4.77. The highest BCUT2D eigenvalue weighted by atomic mass is 16.7. The fraction of sp³-hybridized carbons (Fsp3) is 0.500. The lowest BCUT2D eigenvalue weighted by atomic mass is 9.90. The Morgan fingerprint density at radius 2 is 1.92 bits per heavy atom. The Hall–Kier alpha value is -2.05. The maximum absolute atomic E-state index is 11.4. The van der Waals surface area contributed by atoms with Gasteiger partial charge in [0.25, 0.3) is 0 Å². The number of benzene rings is 1. The first kappa shape index (κ1) is 18.3. The van der Waals surface area contributed by atoms with E-state index in [1.54, 1.807) is 21.3 Å². The molecule has 0 saturated carbocycles. The first-order valence-corrected chi connectivity index (χ1v) is 7.80. The van der Waals surface area contributed by atoms with Crippen LogP contribution in [0.25, 0.3) is 5.57 Å². The minimum absolute atomic E-state index is 0.169. The van der Waals surface area contributed by atoms with Crippen LogP contribution in [-0.2, 0) is 19.0 Å². The molecule has 0 bridgehead atoms. The zero-order valence-corrected chi connectivity index (χ0v) is 14.5. The molecule has 2 rings (SSSR count). The van der Waals surface area contributed by atoms with Gasteiger partial charge in [-0.15, -0.1) is 0 Å². The van der Waals surface area contributed by atoms with Crippen LogP contribution < -0.4 is 9.47 Å². The fourth-order valence-electron chi connectivity index (χ4n) is 2.76. The highest BCUT2D eigenvalue weighted by Crippen LogP contribution is 2.35. The van der Waals surface area contributed by atoms with Gasteiger partial charge in [-0.2, -0.15) is 0 Å². The summed E-state index contributed by atoms with van der Waals surface area (Å²) in [6.45, 7) is 1.56. The van der Waals surface area contributed by atoms with E-state index in [0.717, 1.165) is 24.0 Å². The van der Waals surface area contributed by atoms with Gasteiger partial charge in [0.2, 0.25) is 0 Å². The van der Waals surface area contributed by atoms with Crippen LogP contribution in [0.5, 0.6) is 11.5 Å². The molecule has 0 fully saturated rings. The van der Waals surface area contributed by atoms with E-state index in [1.165, 1.54) is 6.92 Å². The van der Waals surface area contributed by atoms with Crippen LogP contribution in [0.4, 0.5) is 0 Å². The quantitative estimate of drug-likeness (QED) is 0.563. The molecule has 1 aliphatic rings. The Labute approximate surface area is 142 Å². The topological polar surface area (TPSA) is 63.2 Å². The number of hydrogen-bond donors (Lipinski definition) is 0.